The lowest BCUT2D eigenvalue weighted by molar-refractivity contribution is 0.0897. The fourth-order valence-corrected chi connectivity index (χ4v) is 2.05. The summed E-state index contributed by atoms with van der Waals surface area (Å²) in [6.07, 6.45) is 0.651. The molecule has 120 valence electrons. The smallest absolute Gasteiger partial charge is 0.287 e. The molecule has 0 saturated heterocycles. The molecule has 1 aromatic rings. The fourth-order valence-electron chi connectivity index (χ4n) is 2.05. The van der Waals surface area contributed by atoms with Gasteiger partial charge in [0.1, 0.15) is 5.76 Å². The van der Waals surface area contributed by atoms with Crippen molar-refractivity contribution < 1.29 is 14.3 Å². The number of carbonyl (C=O) groups excluding carboxylic acids is 1. The Morgan fingerprint density at radius 3 is 2.57 bits per heavy atom. The summed E-state index contributed by atoms with van der Waals surface area (Å²) in [5.41, 5.74) is -0.124. The summed E-state index contributed by atoms with van der Waals surface area (Å²) in [7, 11) is 0. The highest BCUT2D eigenvalue weighted by Gasteiger charge is 2.20. The largest absolute Gasteiger partial charge is 0.455 e. The summed E-state index contributed by atoms with van der Waals surface area (Å²) in [5, 5.41) is 11.8. The Morgan fingerprint density at radius 2 is 2.00 bits per heavy atom. The summed E-state index contributed by atoms with van der Waals surface area (Å²) in [6.45, 7) is 11.5. The van der Waals surface area contributed by atoms with E-state index in [-0.39, 0.29) is 17.9 Å². The lowest BCUT2D eigenvalue weighted by Crippen LogP contribution is -2.34. The van der Waals surface area contributed by atoms with Crippen LogP contribution in [0.4, 0.5) is 0 Å². The molecule has 0 aliphatic heterocycles. The summed E-state index contributed by atoms with van der Waals surface area (Å²) in [4.78, 5) is 14.3. The monoisotopic (exact) mass is 296 g/mol. The Labute approximate surface area is 127 Å². The van der Waals surface area contributed by atoms with Crippen molar-refractivity contribution in [2.75, 3.05) is 26.2 Å². The van der Waals surface area contributed by atoms with Crippen LogP contribution in [0, 0.1) is 5.41 Å². The minimum absolute atomic E-state index is 0.123. The van der Waals surface area contributed by atoms with Gasteiger partial charge in [-0.1, -0.05) is 27.7 Å². The number of amides is 1. The fraction of sp³-hybridized carbons (Fsp3) is 0.688. The first-order valence-electron chi connectivity index (χ1n) is 7.62. The Morgan fingerprint density at radius 1 is 1.33 bits per heavy atom. The van der Waals surface area contributed by atoms with E-state index in [4.69, 9.17) is 9.52 Å². The molecule has 2 N–H and O–H groups in total. The first-order chi connectivity index (χ1) is 9.91. The van der Waals surface area contributed by atoms with E-state index in [2.05, 4.69) is 24.1 Å². The molecule has 0 bridgehead atoms. The molecule has 1 heterocycles. The van der Waals surface area contributed by atoms with Gasteiger partial charge in [-0.3, -0.25) is 9.69 Å². The van der Waals surface area contributed by atoms with Gasteiger partial charge in [0.2, 0.25) is 0 Å². The van der Waals surface area contributed by atoms with E-state index in [9.17, 15) is 4.79 Å². The minimum Gasteiger partial charge on any atom is -0.455 e. The molecule has 21 heavy (non-hydrogen) atoms. The van der Waals surface area contributed by atoms with E-state index in [0.717, 1.165) is 25.4 Å². The third-order valence-electron chi connectivity index (χ3n) is 3.68. The van der Waals surface area contributed by atoms with Gasteiger partial charge in [0.05, 0.1) is 6.54 Å². The Hall–Kier alpha value is -1.33. The summed E-state index contributed by atoms with van der Waals surface area (Å²) >= 11 is 0. The van der Waals surface area contributed by atoms with Crippen molar-refractivity contribution >= 4 is 5.91 Å². The van der Waals surface area contributed by atoms with Crippen molar-refractivity contribution in [1.29, 1.82) is 0 Å². The average Bonchev–Trinajstić information content (AvgIpc) is 2.91. The number of furan rings is 1. The van der Waals surface area contributed by atoms with Gasteiger partial charge < -0.3 is 14.8 Å². The van der Waals surface area contributed by atoms with Gasteiger partial charge >= 0.3 is 0 Å². The van der Waals surface area contributed by atoms with Crippen LogP contribution in [0.25, 0.3) is 0 Å². The summed E-state index contributed by atoms with van der Waals surface area (Å²) in [6, 6.07) is 3.57. The molecule has 0 saturated carbocycles. The number of rotatable bonds is 9. The molecule has 0 aliphatic carbocycles. The molecular weight excluding hydrogens is 268 g/mol. The Bertz CT molecular complexity index is 436. The number of aliphatic hydroxyl groups excluding tert-OH is 1. The summed E-state index contributed by atoms with van der Waals surface area (Å²) in [5.74, 6) is 0.947. The molecular formula is C16H28N2O3. The van der Waals surface area contributed by atoms with Crippen LogP contribution in [-0.4, -0.2) is 42.2 Å². The Kier molecular flexibility index (Phi) is 6.92. The van der Waals surface area contributed by atoms with E-state index in [0.29, 0.717) is 18.7 Å². The van der Waals surface area contributed by atoms with Crippen LogP contribution in [0.5, 0.6) is 0 Å². The predicted molar refractivity (Wildman–Crippen MR) is 83.2 cm³/mol. The normalized spacial score (nSPS) is 11.9. The molecule has 5 nitrogen and oxygen atoms in total. The Balaban J connectivity index is 2.54. The van der Waals surface area contributed by atoms with Crippen LogP contribution < -0.4 is 5.32 Å². The van der Waals surface area contributed by atoms with Crippen molar-refractivity contribution in [1.82, 2.24) is 10.2 Å². The molecule has 1 amide bonds. The van der Waals surface area contributed by atoms with Crippen LogP contribution in [0.1, 0.15) is 50.4 Å². The maximum absolute atomic E-state index is 12.1. The van der Waals surface area contributed by atoms with E-state index in [1.807, 2.05) is 19.9 Å². The zero-order valence-corrected chi connectivity index (χ0v) is 13.6. The highest BCUT2D eigenvalue weighted by molar-refractivity contribution is 5.91. The van der Waals surface area contributed by atoms with Crippen LogP contribution in [0.3, 0.4) is 0 Å². The van der Waals surface area contributed by atoms with Crippen molar-refractivity contribution in [2.45, 2.75) is 40.7 Å². The average molecular weight is 296 g/mol. The molecule has 0 aliphatic rings. The lowest BCUT2D eigenvalue weighted by Gasteiger charge is -2.23. The zero-order valence-electron chi connectivity index (χ0n) is 13.6. The van der Waals surface area contributed by atoms with Crippen molar-refractivity contribution in [3.8, 4) is 0 Å². The maximum Gasteiger partial charge on any atom is 0.287 e. The molecule has 5 heteroatoms. The standard InChI is InChI=1S/C16H28N2O3/c1-5-18(6-2)11-13-7-8-14(21-13)15(20)17-12-16(3,4)9-10-19/h7-8,19H,5-6,9-12H2,1-4H3,(H,17,20). The summed E-state index contributed by atoms with van der Waals surface area (Å²) < 4.78 is 5.60. The number of aliphatic hydroxyl groups is 1. The zero-order chi connectivity index (χ0) is 15.9. The van der Waals surface area contributed by atoms with E-state index in [1.54, 1.807) is 6.07 Å². The molecule has 1 rings (SSSR count). The predicted octanol–water partition coefficient (Wildman–Crippen LogP) is 2.26. The van der Waals surface area contributed by atoms with E-state index >= 15 is 0 Å². The number of hydrogen-bond donors (Lipinski definition) is 2. The lowest BCUT2D eigenvalue weighted by atomic mass is 9.90. The minimum atomic E-state index is -0.202. The molecule has 0 spiro atoms. The maximum atomic E-state index is 12.1. The highest BCUT2D eigenvalue weighted by atomic mass is 16.4. The van der Waals surface area contributed by atoms with Gasteiger partial charge in [-0.15, -0.1) is 0 Å². The number of nitrogens with zero attached hydrogens (tertiary/aromatic N) is 1. The van der Waals surface area contributed by atoms with Crippen LogP contribution in [0.2, 0.25) is 0 Å². The van der Waals surface area contributed by atoms with Crippen molar-refractivity contribution in [3.63, 3.8) is 0 Å². The first kappa shape index (κ1) is 17.7. The molecule has 0 aromatic carbocycles. The molecule has 0 fully saturated rings. The van der Waals surface area contributed by atoms with Crippen molar-refractivity contribution in [2.24, 2.45) is 5.41 Å². The number of hydrogen-bond acceptors (Lipinski definition) is 4. The second-order valence-corrected chi connectivity index (χ2v) is 6.05. The second kappa shape index (κ2) is 8.20. The third-order valence-corrected chi connectivity index (χ3v) is 3.68. The van der Waals surface area contributed by atoms with Crippen LogP contribution in [0.15, 0.2) is 16.5 Å². The van der Waals surface area contributed by atoms with E-state index < -0.39 is 0 Å². The van der Waals surface area contributed by atoms with Crippen molar-refractivity contribution in [3.05, 3.63) is 23.7 Å². The topological polar surface area (TPSA) is 65.7 Å². The van der Waals surface area contributed by atoms with Gasteiger partial charge in [0, 0.05) is 13.2 Å². The second-order valence-electron chi connectivity index (χ2n) is 6.05. The third kappa shape index (κ3) is 5.89. The van der Waals surface area contributed by atoms with Crippen LogP contribution in [-0.2, 0) is 6.54 Å². The van der Waals surface area contributed by atoms with Crippen LogP contribution >= 0.6 is 0 Å². The molecule has 1 aromatic heterocycles. The SMILES string of the molecule is CCN(CC)Cc1ccc(C(=O)NCC(C)(C)CCO)o1. The number of nitrogens with one attached hydrogen (secondary N) is 1. The first-order valence-corrected chi connectivity index (χ1v) is 7.62. The quantitative estimate of drug-likeness (QED) is 0.733. The molecule has 0 atom stereocenters. The highest BCUT2D eigenvalue weighted by Crippen LogP contribution is 2.18. The molecule has 0 unspecified atom stereocenters. The van der Waals surface area contributed by atoms with Gasteiger partial charge in [-0.25, -0.2) is 0 Å². The van der Waals surface area contributed by atoms with Gasteiger partial charge in [-0.05, 0) is 37.1 Å². The molecule has 0 radical (unpaired) electrons. The number of carbonyl (C=O) groups is 1. The van der Waals surface area contributed by atoms with Gasteiger partial charge in [0.15, 0.2) is 5.76 Å². The van der Waals surface area contributed by atoms with E-state index in [1.165, 1.54) is 0 Å². The van der Waals surface area contributed by atoms with Gasteiger partial charge in [-0.2, -0.15) is 0 Å². The van der Waals surface area contributed by atoms with Gasteiger partial charge in [0.25, 0.3) is 5.91 Å².